The Bertz CT molecular complexity index is 418. The summed E-state index contributed by atoms with van der Waals surface area (Å²) in [6.45, 7) is 5.26. The maximum atomic E-state index is 6.27. The van der Waals surface area contributed by atoms with E-state index in [4.69, 9.17) is 27.9 Å². The van der Waals surface area contributed by atoms with Gasteiger partial charge in [-0.1, -0.05) is 29.3 Å². The highest BCUT2D eigenvalue weighted by atomic mass is 35.5. The van der Waals surface area contributed by atoms with Gasteiger partial charge < -0.3 is 10.1 Å². The van der Waals surface area contributed by atoms with Crippen LogP contribution in [0.4, 0.5) is 0 Å². The van der Waals surface area contributed by atoms with Crippen molar-refractivity contribution >= 4 is 23.2 Å². The zero-order chi connectivity index (χ0) is 11.9. The number of benzene rings is 1. The molecule has 1 aliphatic heterocycles. The molecule has 1 N–H and O–H groups in total. The molecule has 1 unspecified atom stereocenters. The second-order valence-corrected chi connectivity index (χ2v) is 5.40. The van der Waals surface area contributed by atoms with E-state index in [1.165, 1.54) is 0 Å². The number of methoxy groups -OCH3 is 1. The SMILES string of the molecule is COc1ccc(C2CNC2(C)C)c(Cl)c1Cl. The molecule has 0 bridgehead atoms. The van der Waals surface area contributed by atoms with E-state index in [2.05, 4.69) is 19.2 Å². The van der Waals surface area contributed by atoms with Crippen molar-refractivity contribution in [3.8, 4) is 5.75 Å². The van der Waals surface area contributed by atoms with Gasteiger partial charge in [-0.2, -0.15) is 0 Å². The van der Waals surface area contributed by atoms with Crippen molar-refractivity contribution in [2.75, 3.05) is 13.7 Å². The van der Waals surface area contributed by atoms with Gasteiger partial charge in [0.05, 0.1) is 12.1 Å². The van der Waals surface area contributed by atoms with Crippen molar-refractivity contribution in [2.24, 2.45) is 0 Å². The number of rotatable bonds is 2. The second-order valence-electron chi connectivity index (χ2n) is 4.64. The Hall–Kier alpha value is -0.440. The first-order valence-electron chi connectivity index (χ1n) is 5.24. The molecule has 0 aromatic heterocycles. The zero-order valence-electron chi connectivity index (χ0n) is 9.60. The minimum absolute atomic E-state index is 0.0849. The molecule has 0 spiro atoms. The molecule has 0 amide bonds. The van der Waals surface area contributed by atoms with Gasteiger partial charge in [-0.15, -0.1) is 0 Å². The van der Waals surface area contributed by atoms with Gasteiger partial charge in [-0.05, 0) is 25.5 Å². The number of halogens is 2. The molecule has 1 aromatic carbocycles. The lowest BCUT2D eigenvalue weighted by Crippen LogP contribution is -2.59. The van der Waals surface area contributed by atoms with Crippen molar-refractivity contribution in [2.45, 2.75) is 25.3 Å². The van der Waals surface area contributed by atoms with Gasteiger partial charge in [0.15, 0.2) is 0 Å². The monoisotopic (exact) mass is 259 g/mol. The largest absolute Gasteiger partial charge is 0.495 e. The third kappa shape index (κ3) is 1.79. The summed E-state index contributed by atoms with van der Waals surface area (Å²) in [6.07, 6.45) is 0. The average molecular weight is 260 g/mol. The van der Waals surface area contributed by atoms with Crippen LogP contribution in [-0.2, 0) is 0 Å². The Morgan fingerprint density at radius 3 is 2.44 bits per heavy atom. The van der Waals surface area contributed by atoms with Crippen LogP contribution in [0.25, 0.3) is 0 Å². The van der Waals surface area contributed by atoms with Gasteiger partial charge in [-0.3, -0.25) is 0 Å². The Kier molecular flexibility index (Phi) is 3.08. The fourth-order valence-electron chi connectivity index (χ4n) is 2.08. The molecule has 1 atom stereocenters. The number of ether oxygens (including phenoxy) is 1. The molecule has 2 nitrogen and oxygen atoms in total. The van der Waals surface area contributed by atoms with Crippen LogP contribution in [0, 0.1) is 0 Å². The van der Waals surface area contributed by atoms with Crippen molar-refractivity contribution in [1.29, 1.82) is 0 Å². The lowest BCUT2D eigenvalue weighted by molar-refractivity contribution is 0.208. The fraction of sp³-hybridized carbons (Fsp3) is 0.500. The summed E-state index contributed by atoms with van der Waals surface area (Å²) in [5.41, 5.74) is 1.18. The first-order valence-corrected chi connectivity index (χ1v) is 6.00. The molecule has 1 heterocycles. The molecule has 1 saturated heterocycles. The lowest BCUT2D eigenvalue weighted by Gasteiger charge is -2.46. The van der Waals surface area contributed by atoms with Gasteiger partial charge in [0.2, 0.25) is 0 Å². The molecule has 4 heteroatoms. The summed E-state index contributed by atoms with van der Waals surface area (Å²) in [5, 5.41) is 4.49. The average Bonchev–Trinajstić information content (AvgIpc) is 2.24. The molecular formula is C12H15Cl2NO. The quantitative estimate of drug-likeness (QED) is 0.879. The highest BCUT2D eigenvalue weighted by molar-refractivity contribution is 6.43. The summed E-state index contributed by atoms with van der Waals surface area (Å²) in [5.74, 6) is 1.03. The summed E-state index contributed by atoms with van der Waals surface area (Å²) < 4.78 is 5.13. The molecular weight excluding hydrogens is 245 g/mol. The van der Waals surface area contributed by atoms with Gasteiger partial charge >= 0.3 is 0 Å². The lowest BCUT2D eigenvalue weighted by atomic mass is 9.75. The number of hydrogen-bond acceptors (Lipinski definition) is 2. The smallest absolute Gasteiger partial charge is 0.138 e. The van der Waals surface area contributed by atoms with E-state index >= 15 is 0 Å². The van der Waals surface area contributed by atoms with Crippen LogP contribution >= 0.6 is 23.2 Å². The third-order valence-electron chi connectivity index (χ3n) is 3.31. The van der Waals surface area contributed by atoms with Gasteiger partial charge in [-0.25, -0.2) is 0 Å². The molecule has 1 aromatic rings. The van der Waals surface area contributed by atoms with Gasteiger partial charge in [0, 0.05) is 18.0 Å². The summed E-state index contributed by atoms with van der Waals surface area (Å²) >= 11 is 12.4. The number of nitrogens with one attached hydrogen (secondary N) is 1. The predicted octanol–water partition coefficient (Wildman–Crippen LogP) is 3.47. The molecule has 16 heavy (non-hydrogen) atoms. The van der Waals surface area contributed by atoms with Crippen molar-refractivity contribution < 1.29 is 4.74 Å². The van der Waals surface area contributed by atoms with Crippen LogP contribution in [0.3, 0.4) is 0 Å². The Balaban J connectivity index is 2.40. The summed E-state index contributed by atoms with van der Waals surface area (Å²) in [7, 11) is 1.59. The van der Waals surface area contributed by atoms with Crippen LogP contribution < -0.4 is 10.1 Å². The topological polar surface area (TPSA) is 21.3 Å². The molecule has 0 saturated carbocycles. The molecule has 88 valence electrons. The van der Waals surface area contributed by atoms with Crippen molar-refractivity contribution in [3.05, 3.63) is 27.7 Å². The molecule has 2 rings (SSSR count). The van der Waals surface area contributed by atoms with E-state index in [0.29, 0.717) is 21.7 Å². The van der Waals surface area contributed by atoms with Crippen LogP contribution in [0.15, 0.2) is 12.1 Å². The van der Waals surface area contributed by atoms with E-state index in [-0.39, 0.29) is 5.54 Å². The van der Waals surface area contributed by atoms with E-state index in [9.17, 15) is 0 Å². The summed E-state index contributed by atoms with van der Waals surface area (Å²) in [4.78, 5) is 0. The van der Waals surface area contributed by atoms with Crippen LogP contribution in [-0.4, -0.2) is 19.2 Å². The van der Waals surface area contributed by atoms with E-state index in [1.807, 2.05) is 12.1 Å². The first-order chi connectivity index (χ1) is 7.47. The van der Waals surface area contributed by atoms with Crippen molar-refractivity contribution in [1.82, 2.24) is 5.32 Å². The maximum absolute atomic E-state index is 6.27. The van der Waals surface area contributed by atoms with Crippen LogP contribution in [0.5, 0.6) is 5.75 Å². The van der Waals surface area contributed by atoms with Crippen molar-refractivity contribution in [3.63, 3.8) is 0 Å². The molecule has 1 aliphatic rings. The minimum atomic E-state index is 0.0849. The highest BCUT2D eigenvalue weighted by Gasteiger charge is 2.40. The Labute approximate surface area is 106 Å². The normalized spacial score (nSPS) is 22.7. The van der Waals surface area contributed by atoms with E-state index in [1.54, 1.807) is 7.11 Å². The molecule has 1 fully saturated rings. The third-order valence-corrected chi connectivity index (χ3v) is 4.18. The predicted molar refractivity (Wildman–Crippen MR) is 67.8 cm³/mol. The Morgan fingerprint density at radius 2 is 2.00 bits per heavy atom. The van der Waals surface area contributed by atoms with Gasteiger partial charge in [0.25, 0.3) is 0 Å². The standard InChI is InChI=1S/C12H15Cl2NO/c1-12(2)8(6-15-12)7-4-5-9(16-3)11(14)10(7)13/h4-5,8,15H,6H2,1-3H3. The maximum Gasteiger partial charge on any atom is 0.138 e. The van der Waals surface area contributed by atoms with Crippen LogP contribution in [0.1, 0.15) is 25.3 Å². The first kappa shape index (κ1) is 12.0. The molecule has 0 radical (unpaired) electrons. The number of hydrogen-bond donors (Lipinski definition) is 1. The van der Waals surface area contributed by atoms with Crippen LogP contribution in [0.2, 0.25) is 10.0 Å². The Morgan fingerprint density at radius 1 is 1.31 bits per heavy atom. The second kappa shape index (κ2) is 4.10. The summed E-state index contributed by atoms with van der Waals surface area (Å²) in [6, 6.07) is 3.87. The highest BCUT2D eigenvalue weighted by Crippen LogP contribution is 2.43. The fourth-order valence-corrected chi connectivity index (χ4v) is 2.62. The minimum Gasteiger partial charge on any atom is -0.495 e. The van der Waals surface area contributed by atoms with E-state index < -0.39 is 0 Å². The zero-order valence-corrected chi connectivity index (χ0v) is 11.1. The van der Waals surface area contributed by atoms with E-state index in [0.717, 1.165) is 12.1 Å². The van der Waals surface area contributed by atoms with Gasteiger partial charge in [0.1, 0.15) is 10.8 Å². The molecule has 0 aliphatic carbocycles.